The van der Waals surface area contributed by atoms with Crippen molar-refractivity contribution in [2.45, 2.75) is 23.1 Å². The molecule has 2 saturated heterocycles. The summed E-state index contributed by atoms with van der Waals surface area (Å²) in [5, 5.41) is 3.31. The van der Waals surface area contributed by atoms with Crippen LogP contribution in [0.1, 0.15) is 12.0 Å². The van der Waals surface area contributed by atoms with Crippen LogP contribution in [0.4, 0.5) is 0 Å². The molecule has 0 saturated carbocycles. The van der Waals surface area contributed by atoms with E-state index in [9.17, 15) is 16.8 Å². The second-order valence-electron chi connectivity index (χ2n) is 6.81. The minimum Gasteiger partial charge on any atom is -0.314 e. The second kappa shape index (κ2) is 7.32. The Morgan fingerprint density at radius 3 is 2.28 bits per heavy atom. The van der Waals surface area contributed by atoms with E-state index in [4.69, 9.17) is 0 Å². The van der Waals surface area contributed by atoms with Gasteiger partial charge >= 0.3 is 0 Å². The number of benzene rings is 1. The molecule has 1 aromatic carbocycles. The minimum atomic E-state index is -3.53. The van der Waals surface area contributed by atoms with Gasteiger partial charge in [-0.25, -0.2) is 16.8 Å². The summed E-state index contributed by atoms with van der Waals surface area (Å²) in [5.41, 5.74) is 0.599. The maximum atomic E-state index is 12.8. The van der Waals surface area contributed by atoms with Gasteiger partial charge in [-0.05, 0) is 24.1 Å². The fourth-order valence-electron chi connectivity index (χ4n) is 3.48. The fraction of sp³-hybridized carbons (Fsp3) is 0.625. The SMILES string of the molecule is CS(=O)(=O)Cc1ccc(S(=O)(=O)N2CCC(N3CCNCC3)C2)cc1. The lowest BCUT2D eigenvalue weighted by Crippen LogP contribution is -2.49. The van der Waals surface area contributed by atoms with Gasteiger partial charge in [-0.1, -0.05) is 12.1 Å². The zero-order valence-electron chi connectivity index (χ0n) is 14.4. The Labute approximate surface area is 150 Å². The Balaban J connectivity index is 1.69. The highest BCUT2D eigenvalue weighted by Crippen LogP contribution is 2.24. The molecule has 0 aliphatic carbocycles. The van der Waals surface area contributed by atoms with Crippen molar-refractivity contribution in [3.8, 4) is 0 Å². The van der Waals surface area contributed by atoms with Crippen molar-refractivity contribution in [2.75, 3.05) is 45.5 Å². The molecule has 25 heavy (non-hydrogen) atoms. The lowest BCUT2D eigenvalue weighted by atomic mass is 10.2. The van der Waals surface area contributed by atoms with Gasteiger partial charge in [0.05, 0.1) is 10.6 Å². The fourth-order valence-corrected chi connectivity index (χ4v) is 5.77. The van der Waals surface area contributed by atoms with Crippen molar-refractivity contribution in [3.05, 3.63) is 29.8 Å². The Kier molecular flexibility index (Phi) is 5.50. The van der Waals surface area contributed by atoms with Gasteiger partial charge in [0.2, 0.25) is 10.0 Å². The molecule has 1 aromatic rings. The van der Waals surface area contributed by atoms with Crippen molar-refractivity contribution in [2.24, 2.45) is 0 Å². The number of nitrogens with zero attached hydrogens (tertiary/aromatic N) is 2. The lowest BCUT2D eigenvalue weighted by molar-refractivity contribution is 0.179. The summed E-state index contributed by atoms with van der Waals surface area (Å²) >= 11 is 0. The van der Waals surface area contributed by atoms with E-state index >= 15 is 0 Å². The summed E-state index contributed by atoms with van der Waals surface area (Å²) in [7, 11) is -6.66. The molecule has 2 fully saturated rings. The maximum absolute atomic E-state index is 12.8. The van der Waals surface area contributed by atoms with Crippen molar-refractivity contribution in [1.29, 1.82) is 0 Å². The molecule has 0 radical (unpaired) electrons. The van der Waals surface area contributed by atoms with Crippen LogP contribution in [0.2, 0.25) is 0 Å². The van der Waals surface area contributed by atoms with Crippen LogP contribution in [0.5, 0.6) is 0 Å². The average Bonchev–Trinajstić information content (AvgIpc) is 3.05. The Morgan fingerprint density at radius 1 is 1.04 bits per heavy atom. The molecule has 2 heterocycles. The maximum Gasteiger partial charge on any atom is 0.243 e. The summed E-state index contributed by atoms with van der Waals surface area (Å²) < 4.78 is 49.9. The van der Waals surface area contributed by atoms with Crippen LogP contribution in [-0.2, 0) is 25.6 Å². The van der Waals surface area contributed by atoms with Crippen LogP contribution in [0.25, 0.3) is 0 Å². The molecule has 3 rings (SSSR count). The quantitative estimate of drug-likeness (QED) is 0.759. The van der Waals surface area contributed by atoms with Gasteiger partial charge in [-0.3, -0.25) is 4.90 Å². The first-order valence-electron chi connectivity index (χ1n) is 8.47. The van der Waals surface area contributed by atoms with E-state index in [-0.39, 0.29) is 16.7 Å². The van der Waals surface area contributed by atoms with Crippen molar-refractivity contribution in [3.63, 3.8) is 0 Å². The lowest BCUT2D eigenvalue weighted by Gasteiger charge is -2.32. The van der Waals surface area contributed by atoms with Crippen LogP contribution >= 0.6 is 0 Å². The molecule has 140 valence electrons. The number of hydrogen-bond donors (Lipinski definition) is 1. The van der Waals surface area contributed by atoms with E-state index in [0.29, 0.717) is 18.7 Å². The molecule has 0 amide bonds. The van der Waals surface area contributed by atoms with Gasteiger partial charge in [0.15, 0.2) is 9.84 Å². The number of sulfonamides is 1. The van der Waals surface area contributed by atoms with Gasteiger partial charge in [0.25, 0.3) is 0 Å². The molecule has 1 unspecified atom stereocenters. The van der Waals surface area contributed by atoms with Crippen LogP contribution in [0, 0.1) is 0 Å². The van der Waals surface area contributed by atoms with Gasteiger partial charge in [-0.2, -0.15) is 4.31 Å². The first kappa shape index (κ1) is 18.8. The minimum absolute atomic E-state index is 0.0812. The first-order valence-corrected chi connectivity index (χ1v) is 12.0. The molecular weight excluding hydrogens is 362 g/mol. The number of nitrogens with one attached hydrogen (secondary N) is 1. The highest BCUT2D eigenvalue weighted by Gasteiger charge is 2.35. The molecular formula is C16H25N3O4S2. The molecule has 0 spiro atoms. The largest absolute Gasteiger partial charge is 0.314 e. The molecule has 2 aliphatic heterocycles. The van der Waals surface area contributed by atoms with E-state index in [0.717, 1.165) is 38.9 Å². The Morgan fingerprint density at radius 2 is 1.68 bits per heavy atom. The molecule has 0 bridgehead atoms. The highest BCUT2D eigenvalue weighted by molar-refractivity contribution is 7.90. The second-order valence-corrected chi connectivity index (χ2v) is 10.9. The standard InChI is InChI=1S/C16H25N3O4S2/c1-24(20,21)13-14-2-4-16(5-3-14)25(22,23)19-9-6-15(12-19)18-10-7-17-8-11-18/h2-5,15,17H,6-13H2,1H3. The third kappa shape index (κ3) is 4.59. The zero-order valence-corrected chi connectivity index (χ0v) is 16.0. The van der Waals surface area contributed by atoms with E-state index in [1.807, 2.05) is 0 Å². The number of piperazine rings is 1. The van der Waals surface area contributed by atoms with E-state index in [1.165, 1.54) is 12.1 Å². The van der Waals surface area contributed by atoms with Gasteiger partial charge < -0.3 is 5.32 Å². The highest BCUT2D eigenvalue weighted by atomic mass is 32.2. The summed E-state index contributed by atoms with van der Waals surface area (Å²) in [4.78, 5) is 2.59. The Hall–Kier alpha value is -1.00. The topological polar surface area (TPSA) is 86.8 Å². The van der Waals surface area contributed by atoms with E-state index in [2.05, 4.69) is 10.2 Å². The molecule has 0 aromatic heterocycles. The summed E-state index contributed by atoms with van der Waals surface area (Å²) in [5.74, 6) is -0.0812. The smallest absolute Gasteiger partial charge is 0.243 e. The number of hydrogen-bond acceptors (Lipinski definition) is 6. The van der Waals surface area contributed by atoms with Crippen LogP contribution in [0.15, 0.2) is 29.2 Å². The monoisotopic (exact) mass is 387 g/mol. The average molecular weight is 388 g/mol. The van der Waals surface area contributed by atoms with Crippen molar-refractivity contribution < 1.29 is 16.8 Å². The zero-order chi connectivity index (χ0) is 18.1. The molecule has 7 nitrogen and oxygen atoms in total. The normalized spacial score (nSPS) is 23.8. The molecule has 1 atom stereocenters. The third-order valence-corrected chi connectivity index (χ3v) is 7.52. The van der Waals surface area contributed by atoms with Gasteiger partial charge in [0.1, 0.15) is 0 Å². The van der Waals surface area contributed by atoms with Crippen molar-refractivity contribution >= 4 is 19.9 Å². The summed E-state index contributed by atoms with van der Waals surface area (Å²) in [6, 6.07) is 6.46. The van der Waals surface area contributed by atoms with Crippen LogP contribution in [-0.4, -0.2) is 77.6 Å². The molecule has 2 aliphatic rings. The van der Waals surface area contributed by atoms with E-state index in [1.54, 1.807) is 16.4 Å². The molecule has 1 N–H and O–H groups in total. The summed E-state index contributed by atoms with van der Waals surface area (Å²) in [6.45, 7) is 4.86. The van der Waals surface area contributed by atoms with Gasteiger partial charge in [-0.15, -0.1) is 0 Å². The Bertz CT molecular complexity index is 800. The summed E-state index contributed by atoms with van der Waals surface area (Å²) in [6.07, 6.45) is 2.02. The predicted molar refractivity (Wildman–Crippen MR) is 96.6 cm³/mol. The predicted octanol–water partition coefficient (Wildman–Crippen LogP) is -0.101. The molecule has 9 heteroatoms. The third-order valence-electron chi connectivity index (χ3n) is 4.78. The van der Waals surface area contributed by atoms with E-state index < -0.39 is 19.9 Å². The van der Waals surface area contributed by atoms with Gasteiger partial charge in [0, 0.05) is 51.6 Å². The number of sulfone groups is 1. The van der Waals surface area contributed by atoms with Crippen LogP contribution < -0.4 is 5.32 Å². The number of rotatable bonds is 5. The van der Waals surface area contributed by atoms with Crippen molar-refractivity contribution in [1.82, 2.24) is 14.5 Å². The van der Waals surface area contributed by atoms with Crippen LogP contribution in [0.3, 0.4) is 0 Å². The first-order chi connectivity index (χ1) is 11.8.